The summed E-state index contributed by atoms with van der Waals surface area (Å²) in [6.07, 6.45) is 1.74. The summed E-state index contributed by atoms with van der Waals surface area (Å²) < 4.78 is 7.02. The van der Waals surface area contributed by atoms with E-state index in [1.165, 1.54) is 11.8 Å². The number of carbonyl (C=O) groups excluding carboxylic acids is 1. The van der Waals surface area contributed by atoms with Crippen LogP contribution >= 0.6 is 11.8 Å². The summed E-state index contributed by atoms with van der Waals surface area (Å²) in [5.41, 5.74) is 0.984. The molecule has 2 aromatic carbocycles. The molecule has 0 spiro atoms. The zero-order valence-electron chi connectivity index (χ0n) is 18.8. The van der Waals surface area contributed by atoms with Gasteiger partial charge in [0.15, 0.2) is 11.0 Å². The first-order chi connectivity index (χ1) is 16.5. The number of carbonyl (C=O) groups is 1. The van der Waals surface area contributed by atoms with Crippen LogP contribution in [0.15, 0.2) is 71.1 Å². The Morgan fingerprint density at radius 1 is 1.24 bits per heavy atom. The molecule has 0 saturated carbocycles. The first kappa shape index (κ1) is 23.2. The molecule has 0 saturated heterocycles. The number of H-pyrrole nitrogens is 1. The molecular weight excluding hydrogens is 452 g/mol. The van der Waals surface area contributed by atoms with Gasteiger partial charge in [-0.15, -0.1) is 16.8 Å². The number of thioether (sulfide) groups is 1. The molecule has 0 fully saturated rings. The van der Waals surface area contributed by atoms with Gasteiger partial charge >= 0.3 is 0 Å². The minimum Gasteiger partial charge on any atom is -0.497 e. The molecule has 0 aliphatic carbocycles. The first-order valence-corrected chi connectivity index (χ1v) is 11.6. The standard InChI is InChI=1S/C24H24N6O3S/c1-4-13-30-21(15(2)25-22(31)16-9-11-17(33-3)12-10-16)28-29-24(30)34-14-20-26-19-8-6-5-7-18(19)23(32)27-20/h4-12,15H,1,13-14H2,2-3H3,(H,25,31)(H,26,27,32)/t15-/m1/s1. The van der Waals surface area contributed by atoms with Gasteiger partial charge in [-0.05, 0) is 43.3 Å². The van der Waals surface area contributed by atoms with E-state index >= 15 is 0 Å². The zero-order valence-corrected chi connectivity index (χ0v) is 19.6. The van der Waals surface area contributed by atoms with Gasteiger partial charge in [0, 0.05) is 12.1 Å². The van der Waals surface area contributed by atoms with Crippen molar-refractivity contribution in [2.45, 2.75) is 30.4 Å². The fourth-order valence-corrected chi connectivity index (χ4v) is 4.28. The molecule has 2 aromatic heterocycles. The van der Waals surface area contributed by atoms with Crippen LogP contribution in [0.3, 0.4) is 0 Å². The molecule has 4 rings (SSSR count). The second kappa shape index (κ2) is 10.3. The van der Waals surface area contributed by atoms with Crippen LogP contribution in [0, 0.1) is 0 Å². The number of para-hydroxylation sites is 1. The highest BCUT2D eigenvalue weighted by Crippen LogP contribution is 2.24. The third kappa shape index (κ3) is 5.01. The highest BCUT2D eigenvalue weighted by molar-refractivity contribution is 7.98. The summed E-state index contributed by atoms with van der Waals surface area (Å²) in [5, 5.41) is 12.7. The molecule has 2 N–H and O–H groups in total. The van der Waals surface area contributed by atoms with Crippen LogP contribution in [0.2, 0.25) is 0 Å². The smallest absolute Gasteiger partial charge is 0.258 e. The fourth-order valence-electron chi connectivity index (χ4n) is 3.45. The number of hydrogen-bond donors (Lipinski definition) is 2. The van der Waals surface area contributed by atoms with Gasteiger partial charge in [-0.25, -0.2) is 4.98 Å². The maximum absolute atomic E-state index is 12.7. The Bertz CT molecular complexity index is 1380. The number of aromatic amines is 1. The Morgan fingerprint density at radius 3 is 2.74 bits per heavy atom. The summed E-state index contributed by atoms with van der Waals surface area (Å²) in [7, 11) is 1.58. The summed E-state index contributed by atoms with van der Waals surface area (Å²) >= 11 is 1.40. The molecule has 0 radical (unpaired) electrons. The molecule has 174 valence electrons. The quantitative estimate of drug-likeness (QED) is 0.281. The molecule has 4 aromatic rings. The minimum atomic E-state index is -0.394. The molecule has 1 amide bonds. The van der Waals surface area contributed by atoms with Crippen LogP contribution in [-0.4, -0.2) is 37.7 Å². The largest absolute Gasteiger partial charge is 0.497 e. The topological polar surface area (TPSA) is 115 Å². The number of aromatic nitrogens is 5. The number of nitrogens with zero attached hydrogens (tertiary/aromatic N) is 4. The molecule has 34 heavy (non-hydrogen) atoms. The SMILES string of the molecule is C=CCn1c(SCc2nc3ccccc3c(=O)[nH]2)nnc1[C@@H](C)NC(=O)c1ccc(OC)cc1. The van der Waals surface area contributed by atoms with Crippen LogP contribution < -0.4 is 15.6 Å². The van der Waals surface area contributed by atoms with Crippen molar-refractivity contribution in [2.24, 2.45) is 0 Å². The Morgan fingerprint density at radius 2 is 2.00 bits per heavy atom. The number of rotatable bonds is 9. The van der Waals surface area contributed by atoms with Gasteiger partial charge in [-0.1, -0.05) is 30.0 Å². The lowest BCUT2D eigenvalue weighted by atomic mass is 10.2. The second-order valence-corrected chi connectivity index (χ2v) is 8.42. The molecule has 0 aliphatic rings. The van der Waals surface area contributed by atoms with Gasteiger partial charge in [0.05, 0.1) is 29.8 Å². The molecular formula is C24H24N6O3S. The van der Waals surface area contributed by atoms with E-state index in [-0.39, 0.29) is 11.5 Å². The molecule has 0 bridgehead atoms. The van der Waals surface area contributed by atoms with Crippen molar-refractivity contribution < 1.29 is 9.53 Å². The lowest BCUT2D eigenvalue weighted by Gasteiger charge is -2.15. The van der Waals surface area contributed by atoms with Crippen LogP contribution in [0.4, 0.5) is 0 Å². The van der Waals surface area contributed by atoms with Crippen molar-refractivity contribution >= 4 is 28.6 Å². The van der Waals surface area contributed by atoms with E-state index in [2.05, 4.69) is 32.1 Å². The van der Waals surface area contributed by atoms with E-state index in [4.69, 9.17) is 4.74 Å². The van der Waals surface area contributed by atoms with Crippen molar-refractivity contribution in [3.63, 3.8) is 0 Å². The van der Waals surface area contributed by atoms with Crippen LogP contribution in [0.5, 0.6) is 5.75 Å². The van der Waals surface area contributed by atoms with Gasteiger partial charge in [-0.2, -0.15) is 0 Å². The summed E-state index contributed by atoms with van der Waals surface area (Å²) in [6.45, 7) is 6.14. The van der Waals surface area contributed by atoms with E-state index in [1.54, 1.807) is 43.5 Å². The van der Waals surface area contributed by atoms with Gasteiger partial charge in [0.1, 0.15) is 11.6 Å². The molecule has 0 aliphatic heterocycles. The lowest BCUT2D eigenvalue weighted by molar-refractivity contribution is 0.0937. The maximum atomic E-state index is 12.7. The van der Waals surface area contributed by atoms with Gasteiger partial charge in [0.25, 0.3) is 11.5 Å². The average Bonchev–Trinajstić information content (AvgIpc) is 3.25. The van der Waals surface area contributed by atoms with E-state index in [0.29, 0.717) is 51.3 Å². The first-order valence-electron chi connectivity index (χ1n) is 10.6. The van der Waals surface area contributed by atoms with Crippen molar-refractivity contribution in [1.82, 2.24) is 30.0 Å². The van der Waals surface area contributed by atoms with Crippen molar-refractivity contribution in [3.8, 4) is 5.75 Å². The predicted octanol–water partition coefficient (Wildman–Crippen LogP) is 3.49. The highest BCUT2D eigenvalue weighted by atomic mass is 32.2. The number of benzene rings is 2. The van der Waals surface area contributed by atoms with Crippen molar-refractivity contribution in [2.75, 3.05) is 7.11 Å². The monoisotopic (exact) mass is 476 g/mol. The zero-order chi connectivity index (χ0) is 24.1. The number of methoxy groups -OCH3 is 1. The van der Waals surface area contributed by atoms with Gasteiger partial charge < -0.3 is 19.6 Å². The molecule has 9 nitrogen and oxygen atoms in total. The third-order valence-corrected chi connectivity index (χ3v) is 6.12. The van der Waals surface area contributed by atoms with E-state index in [1.807, 2.05) is 29.7 Å². The number of ether oxygens (including phenoxy) is 1. The normalized spacial score (nSPS) is 11.8. The van der Waals surface area contributed by atoms with Gasteiger partial charge in [-0.3, -0.25) is 9.59 Å². The fraction of sp³-hybridized carbons (Fsp3) is 0.208. The Kier molecular flexibility index (Phi) is 7.07. The van der Waals surface area contributed by atoms with Crippen molar-refractivity contribution in [3.05, 3.63) is 88.8 Å². The number of amides is 1. The summed E-state index contributed by atoms with van der Waals surface area (Å²) in [4.78, 5) is 32.4. The number of nitrogens with one attached hydrogen (secondary N) is 2. The van der Waals surface area contributed by atoms with E-state index < -0.39 is 6.04 Å². The lowest BCUT2D eigenvalue weighted by Crippen LogP contribution is -2.28. The van der Waals surface area contributed by atoms with E-state index in [0.717, 1.165) is 0 Å². The number of allylic oxidation sites excluding steroid dienone is 1. The summed E-state index contributed by atoms with van der Waals surface area (Å²) in [6, 6.07) is 13.7. The number of fused-ring (bicyclic) bond motifs is 1. The Balaban J connectivity index is 1.50. The average molecular weight is 477 g/mol. The van der Waals surface area contributed by atoms with Crippen molar-refractivity contribution in [1.29, 1.82) is 0 Å². The molecule has 10 heteroatoms. The molecule has 0 unspecified atom stereocenters. The Labute approximate surface area is 200 Å². The maximum Gasteiger partial charge on any atom is 0.258 e. The molecule has 1 atom stereocenters. The van der Waals surface area contributed by atoms with Crippen LogP contribution in [-0.2, 0) is 12.3 Å². The predicted molar refractivity (Wildman–Crippen MR) is 131 cm³/mol. The highest BCUT2D eigenvalue weighted by Gasteiger charge is 2.20. The molecule has 2 heterocycles. The Hall–Kier alpha value is -3.92. The summed E-state index contributed by atoms with van der Waals surface area (Å²) in [5.74, 6) is 2.00. The second-order valence-electron chi connectivity index (χ2n) is 7.48. The third-order valence-electron chi connectivity index (χ3n) is 5.14. The van der Waals surface area contributed by atoms with Gasteiger partial charge in [0.2, 0.25) is 0 Å². The van der Waals surface area contributed by atoms with Crippen LogP contribution in [0.1, 0.15) is 35.0 Å². The number of hydrogen-bond acceptors (Lipinski definition) is 7. The van der Waals surface area contributed by atoms with E-state index in [9.17, 15) is 9.59 Å². The minimum absolute atomic E-state index is 0.177. The van der Waals surface area contributed by atoms with Crippen LogP contribution in [0.25, 0.3) is 10.9 Å².